The van der Waals surface area contributed by atoms with Crippen molar-refractivity contribution in [3.05, 3.63) is 11.4 Å². The van der Waals surface area contributed by atoms with E-state index in [1.165, 1.54) is 0 Å². The predicted molar refractivity (Wildman–Crippen MR) is 81.5 cm³/mol. The van der Waals surface area contributed by atoms with Gasteiger partial charge in [-0.25, -0.2) is 10.8 Å². The number of anilines is 1. The number of aromatic nitrogens is 2. The molecule has 0 atom stereocenters. The second-order valence-electron chi connectivity index (χ2n) is 5.67. The molecule has 7 nitrogen and oxygen atoms in total. The fraction of sp³-hybridized carbons (Fsp3) is 0.714. The average molecular weight is 298 g/mol. The second-order valence-corrected chi connectivity index (χ2v) is 5.67. The maximum absolute atomic E-state index is 5.68. The van der Waals surface area contributed by atoms with Gasteiger partial charge in [0.05, 0.1) is 25.4 Å². The maximum atomic E-state index is 5.68. The zero-order chi connectivity index (χ0) is 15.9. The summed E-state index contributed by atoms with van der Waals surface area (Å²) in [5.74, 6) is 7.28. The van der Waals surface area contributed by atoms with Crippen LogP contribution in [0.4, 0.5) is 5.82 Å². The minimum absolute atomic E-state index is 0.188. The third-order valence-electron chi connectivity index (χ3n) is 2.81. The molecule has 0 amide bonds. The Morgan fingerprint density at radius 1 is 1.10 bits per heavy atom. The van der Waals surface area contributed by atoms with Crippen molar-refractivity contribution in [2.75, 3.05) is 39.0 Å². The van der Waals surface area contributed by atoms with Gasteiger partial charge in [0.15, 0.2) is 5.82 Å². The number of ether oxygens (including phenoxy) is 3. The number of hydrogen-bond donors (Lipinski definition) is 2. The molecule has 0 saturated heterocycles. The monoisotopic (exact) mass is 298 g/mol. The summed E-state index contributed by atoms with van der Waals surface area (Å²) in [6.45, 7) is 9.98. The molecule has 1 heterocycles. The van der Waals surface area contributed by atoms with Gasteiger partial charge in [-0.2, -0.15) is 4.98 Å². The topological polar surface area (TPSA) is 91.5 Å². The van der Waals surface area contributed by atoms with E-state index < -0.39 is 0 Å². The Bertz CT molecular complexity index is 447. The number of nitrogens with zero attached hydrogens (tertiary/aromatic N) is 2. The van der Waals surface area contributed by atoms with E-state index in [1.807, 2.05) is 27.7 Å². The van der Waals surface area contributed by atoms with E-state index in [-0.39, 0.29) is 5.41 Å². The van der Waals surface area contributed by atoms with Gasteiger partial charge in [-0.1, -0.05) is 20.8 Å². The number of nitrogen functional groups attached to an aromatic ring is 1. The van der Waals surface area contributed by atoms with E-state index in [9.17, 15) is 0 Å². The standard InChI is InChI=1S/C14H26N4O3/c1-10-11(18-15)16-13(14(2,3)4)17-12(10)21-9-8-20-7-6-19-5/h6-9,15H2,1-5H3,(H,16,17,18). The number of nitrogens with one attached hydrogen (secondary N) is 1. The van der Waals surface area contributed by atoms with Gasteiger partial charge in [-0.15, -0.1) is 0 Å². The molecule has 21 heavy (non-hydrogen) atoms. The lowest BCUT2D eigenvalue weighted by molar-refractivity contribution is 0.0534. The van der Waals surface area contributed by atoms with Crippen LogP contribution in [0.5, 0.6) is 5.88 Å². The van der Waals surface area contributed by atoms with E-state index in [1.54, 1.807) is 7.11 Å². The summed E-state index contributed by atoms with van der Waals surface area (Å²) in [6.07, 6.45) is 0. The molecule has 0 bridgehead atoms. The van der Waals surface area contributed by atoms with Crippen LogP contribution in [0.2, 0.25) is 0 Å². The van der Waals surface area contributed by atoms with Crippen LogP contribution in [0, 0.1) is 6.92 Å². The van der Waals surface area contributed by atoms with Gasteiger partial charge in [-0.3, -0.25) is 0 Å². The first kappa shape index (κ1) is 17.6. The first-order chi connectivity index (χ1) is 9.90. The smallest absolute Gasteiger partial charge is 0.221 e. The van der Waals surface area contributed by atoms with E-state index in [4.69, 9.17) is 20.1 Å². The first-order valence-electron chi connectivity index (χ1n) is 6.95. The number of hydrogen-bond acceptors (Lipinski definition) is 7. The van der Waals surface area contributed by atoms with E-state index in [0.29, 0.717) is 43.9 Å². The highest BCUT2D eigenvalue weighted by molar-refractivity contribution is 5.48. The fourth-order valence-electron chi connectivity index (χ4n) is 1.55. The number of rotatable bonds is 8. The van der Waals surface area contributed by atoms with Crippen molar-refractivity contribution in [2.45, 2.75) is 33.1 Å². The van der Waals surface area contributed by atoms with Gasteiger partial charge in [0.2, 0.25) is 5.88 Å². The van der Waals surface area contributed by atoms with E-state index in [0.717, 1.165) is 5.56 Å². The number of methoxy groups -OCH3 is 1. The maximum Gasteiger partial charge on any atom is 0.221 e. The summed E-state index contributed by atoms with van der Waals surface area (Å²) in [6, 6.07) is 0. The van der Waals surface area contributed by atoms with E-state index >= 15 is 0 Å². The molecule has 0 aromatic carbocycles. The molecule has 1 rings (SSSR count). The van der Waals surface area contributed by atoms with Crippen LogP contribution in [-0.2, 0) is 14.9 Å². The molecule has 0 unspecified atom stereocenters. The van der Waals surface area contributed by atoms with Crippen LogP contribution in [0.3, 0.4) is 0 Å². The van der Waals surface area contributed by atoms with Crippen LogP contribution in [0.25, 0.3) is 0 Å². The third-order valence-corrected chi connectivity index (χ3v) is 2.81. The summed E-state index contributed by atoms with van der Waals surface area (Å²) < 4.78 is 15.9. The Morgan fingerprint density at radius 2 is 1.76 bits per heavy atom. The lowest BCUT2D eigenvalue weighted by Gasteiger charge is -2.20. The van der Waals surface area contributed by atoms with Crippen LogP contribution < -0.4 is 16.0 Å². The fourth-order valence-corrected chi connectivity index (χ4v) is 1.55. The molecule has 0 aliphatic heterocycles. The largest absolute Gasteiger partial charge is 0.475 e. The summed E-state index contributed by atoms with van der Waals surface area (Å²) in [5.41, 5.74) is 3.18. The van der Waals surface area contributed by atoms with Crippen molar-refractivity contribution >= 4 is 5.82 Å². The lowest BCUT2D eigenvalue weighted by atomic mass is 9.95. The average Bonchev–Trinajstić information content (AvgIpc) is 2.43. The van der Waals surface area contributed by atoms with Gasteiger partial charge < -0.3 is 19.6 Å². The third kappa shape index (κ3) is 5.45. The highest BCUT2D eigenvalue weighted by atomic mass is 16.5. The molecule has 0 fully saturated rings. The Balaban J connectivity index is 2.72. The van der Waals surface area contributed by atoms with Crippen molar-refractivity contribution in [1.29, 1.82) is 0 Å². The van der Waals surface area contributed by atoms with Crippen LogP contribution in [-0.4, -0.2) is 43.5 Å². The Labute approximate surface area is 126 Å². The zero-order valence-electron chi connectivity index (χ0n) is 13.5. The number of hydrazine groups is 1. The molecule has 3 N–H and O–H groups in total. The highest BCUT2D eigenvalue weighted by Crippen LogP contribution is 2.27. The van der Waals surface area contributed by atoms with Crippen LogP contribution in [0.15, 0.2) is 0 Å². The summed E-state index contributed by atoms with van der Waals surface area (Å²) >= 11 is 0. The van der Waals surface area contributed by atoms with Gasteiger partial charge in [0.25, 0.3) is 0 Å². The second kappa shape index (κ2) is 8.11. The molecule has 0 saturated carbocycles. The normalized spacial score (nSPS) is 11.5. The Morgan fingerprint density at radius 3 is 2.33 bits per heavy atom. The molecule has 0 aliphatic carbocycles. The molecule has 7 heteroatoms. The molecule has 1 aromatic heterocycles. The van der Waals surface area contributed by atoms with Crippen molar-refractivity contribution in [3.8, 4) is 5.88 Å². The Kier molecular flexibility index (Phi) is 6.80. The van der Waals surface area contributed by atoms with Crippen LogP contribution in [0.1, 0.15) is 32.2 Å². The van der Waals surface area contributed by atoms with Crippen LogP contribution >= 0.6 is 0 Å². The summed E-state index contributed by atoms with van der Waals surface area (Å²) in [7, 11) is 1.64. The zero-order valence-corrected chi connectivity index (χ0v) is 13.5. The highest BCUT2D eigenvalue weighted by Gasteiger charge is 2.21. The summed E-state index contributed by atoms with van der Waals surface area (Å²) in [4.78, 5) is 8.89. The lowest BCUT2D eigenvalue weighted by Crippen LogP contribution is -2.21. The molecule has 0 radical (unpaired) electrons. The van der Waals surface area contributed by atoms with Gasteiger partial charge >= 0.3 is 0 Å². The van der Waals surface area contributed by atoms with Crippen molar-refractivity contribution in [1.82, 2.24) is 9.97 Å². The quantitative estimate of drug-likeness (QED) is 0.426. The van der Waals surface area contributed by atoms with Gasteiger partial charge in [-0.05, 0) is 6.92 Å². The molecule has 120 valence electrons. The molecular formula is C14H26N4O3. The minimum Gasteiger partial charge on any atom is -0.475 e. The van der Waals surface area contributed by atoms with Crippen molar-refractivity contribution in [3.63, 3.8) is 0 Å². The van der Waals surface area contributed by atoms with Crippen molar-refractivity contribution in [2.24, 2.45) is 5.84 Å². The number of nitrogens with two attached hydrogens (primary N) is 1. The molecular weight excluding hydrogens is 272 g/mol. The molecule has 0 aliphatic rings. The van der Waals surface area contributed by atoms with Crippen molar-refractivity contribution < 1.29 is 14.2 Å². The predicted octanol–water partition coefficient (Wildman–Crippen LogP) is 1.41. The first-order valence-corrected chi connectivity index (χ1v) is 6.95. The van der Waals surface area contributed by atoms with Gasteiger partial charge in [0, 0.05) is 12.5 Å². The van der Waals surface area contributed by atoms with E-state index in [2.05, 4.69) is 15.4 Å². The molecule has 1 aromatic rings. The van der Waals surface area contributed by atoms with Gasteiger partial charge in [0.1, 0.15) is 12.4 Å². The Hall–Kier alpha value is -1.44. The molecule has 0 spiro atoms. The SMILES string of the molecule is COCCOCCOc1nc(C(C)(C)C)nc(NN)c1C. The summed E-state index contributed by atoms with van der Waals surface area (Å²) in [5, 5.41) is 0. The minimum atomic E-state index is -0.188.